The summed E-state index contributed by atoms with van der Waals surface area (Å²) >= 11 is 0. The van der Waals surface area contributed by atoms with Crippen LogP contribution in [-0.2, 0) is 14.3 Å². The molecule has 1 heterocycles. The summed E-state index contributed by atoms with van der Waals surface area (Å²) in [4.78, 5) is 12.9. The van der Waals surface area contributed by atoms with Gasteiger partial charge in [-0.15, -0.1) is 0 Å². The summed E-state index contributed by atoms with van der Waals surface area (Å²) in [7, 11) is 0. The molecule has 0 aromatic rings. The monoisotopic (exact) mass is 716 g/mol. The second-order valence-corrected chi connectivity index (χ2v) is 13.0. The number of unbranched alkanes of at least 4 members (excludes halogenated alkanes) is 7. The van der Waals surface area contributed by atoms with Crippen LogP contribution in [0.2, 0.25) is 0 Å². The van der Waals surface area contributed by atoms with Gasteiger partial charge in [-0.1, -0.05) is 112 Å². The van der Waals surface area contributed by atoms with Gasteiger partial charge < -0.3 is 40.3 Å². The molecule has 0 aliphatic carbocycles. The van der Waals surface area contributed by atoms with Crippen molar-refractivity contribution in [2.45, 2.75) is 159 Å². The van der Waals surface area contributed by atoms with E-state index in [4.69, 9.17) is 9.47 Å². The van der Waals surface area contributed by atoms with Gasteiger partial charge in [-0.25, -0.2) is 0 Å². The Morgan fingerprint density at radius 1 is 0.686 bits per heavy atom. The molecule has 9 heteroatoms. The highest BCUT2D eigenvalue weighted by Crippen LogP contribution is 2.22. The molecule has 1 amide bonds. The highest BCUT2D eigenvalue weighted by atomic mass is 16.7. The molecule has 7 atom stereocenters. The fourth-order valence-electron chi connectivity index (χ4n) is 5.29. The topological polar surface area (TPSA) is 149 Å². The van der Waals surface area contributed by atoms with E-state index in [1.807, 2.05) is 6.08 Å². The molecule has 0 spiro atoms. The Hall–Kier alpha value is -2.63. The van der Waals surface area contributed by atoms with Crippen LogP contribution in [0.15, 0.2) is 85.1 Å². The summed E-state index contributed by atoms with van der Waals surface area (Å²) in [6.45, 7) is 3.53. The molecular formula is C42H69NO8. The Morgan fingerprint density at radius 3 is 1.80 bits per heavy atom. The summed E-state index contributed by atoms with van der Waals surface area (Å²) in [5.74, 6) is -0.239. The van der Waals surface area contributed by atoms with Crippen molar-refractivity contribution >= 4 is 5.91 Å². The summed E-state index contributed by atoms with van der Waals surface area (Å²) in [6.07, 6.45) is 36.3. The lowest BCUT2D eigenvalue weighted by Crippen LogP contribution is -2.60. The molecule has 0 aromatic heterocycles. The molecule has 1 aliphatic heterocycles. The van der Waals surface area contributed by atoms with E-state index in [9.17, 15) is 30.3 Å². The van der Waals surface area contributed by atoms with Crippen molar-refractivity contribution in [2.24, 2.45) is 0 Å². The normalized spacial score (nSPS) is 23.0. The number of rotatable bonds is 29. The first kappa shape index (κ1) is 46.4. The van der Waals surface area contributed by atoms with Crippen LogP contribution in [0, 0.1) is 0 Å². The maximum absolute atomic E-state index is 12.9. The van der Waals surface area contributed by atoms with Crippen molar-refractivity contribution in [3.8, 4) is 0 Å². The second-order valence-electron chi connectivity index (χ2n) is 13.0. The predicted octanol–water partition coefficient (Wildman–Crippen LogP) is 6.82. The molecule has 0 bridgehead atoms. The van der Waals surface area contributed by atoms with E-state index in [0.717, 1.165) is 64.2 Å². The van der Waals surface area contributed by atoms with Gasteiger partial charge in [-0.2, -0.15) is 0 Å². The Kier molecular flexibility index (Phi) is 29.2. The molecule has 1 aliphatic rings. The number of aliphatic hydroxyl groups excluding tert-OH is 5. The zero-order chi connectivity index (χ0) is 37.4. The predicted molar refractivity (Wildman–Crippen MR) is 207 cm³/mol. The average Bonchev–Trinajstić information content (AvgIpc) is 3.13. The average molecular weight is 716 g/mol. The number of amides is 1. The van der Waals surface area contributed by atoms with Gasteiger partial charge >= 0.3 is 0 Å². The number of ether oxygens (including phenoxy) is 2. The minimum atomic E-state index is -1.58. The quantitative estimate of drug-likeness (QED) is 0.0365. The summed E-state index contributed by atoms with van der Waals surface area (Å²) in [5.41, 5.74) is 0. The summed E-state index contributed by atoms with van der Waals surface area (Å²) < 4.78 is 11.1. The van der Waals surface area contributed by atoms with Gasteiger partial charge in [0.2, 0.25) is 5.91 Å². The van der Waals surface area contributed by atoms with Gasteiger partial charge in [0.1, 0.15) is 24.4 Å². The minimum absolute atomic E-state index is 0.228. The number of allylic oxidation sites excluding steroid dienone is 13. The minimum Gasteiger partial charge on any atom is -0.394 e. The molecule has 0 radical (unpaired) electrons. The first-order chi connectivity index (χ1) is 24.8. The van der Waals surface area contributed by atoms with Crippen molar-refractivity contribution in [2.75, 3.05) is 13.2 Å². The van der Waals surface area contributed by atoms with E-state index in [1.54, 1.807) is 6.08 Å². The van der Waals surface area contributed by atoms with Crippen LogP contribution in [0.3, 0.4) is 0 Å². The van der Waals surface area contributed by atoms with E-state index >= 15 is 0 Å². The van der Waals surface area contributed by atoms with Crippen molar-refractivity contribution in [3.63, 3.8) is 0 Å². The Balaban J connectivity index is 2.54. The Bertz CT molecular complexity index is 1060. The van der Waals surface area contributed by atoms with E-state index < -0.39 is 49.5 Å². The van der Waals surface area contributed by atoms with Crippen molar-refractivity contribution in [3.05, 3.63) is 85.1 Å². The highest BCUT2D eigenvalue weighted by molar-refractivity contribution is 5.76. The molecule has 0 aromatic carbocycles. The van der Waals surface area contributed by atoms with E-state index in [1.165, 1.54) is 19.3 Å². The molecule has 7 unspecified atom stereocenters. The number of aliphatic hydroxyl groups is 5. The zero-order valence-electron chi connectivity index (χ0n) is 31.3. The molecule has 290 valence electrons. The third-order valence-corrected chi connectivity index (χ3v) is 8.43. The molecule has 51 heavy (non-hydrogen) atoms. The molecular weight excluding hydrogens is 646 g/mol. The molecule has 0 saturated carbocycles. The van der Waals surface area contributed by atoms with Gasteiger partial charge in [0.05, 0.1) is 25.4 Å². The van der Waals surface area contributed by atoms with Crippen molar-refractivity contribution < 1.29 is 39.8 Å². The Labute approximate surface area is 308 Å². The maximum Gasteiger partial charge on any atom is 0.220 e. The maximum atomic E-state index is 12.9. The van der Waals surface area contributed by atoms with Gasteiger partial charge in [-0.05, 0) is 83.5 Å². The number of carbonyl (C=O) groups excluding carboxylic acids is 1. The Morgan fingerprint density at radius 2 is 1.22 bits per heavy atom. The van der Waals surface area contributed by atoms with Crippen LogP contribution < -0.4 is 5.32 Å². The van der Waals surface area contributed by atoms with Crippen LogP contribution in [-0.4, -0.2) is 87.5 Å². The lowest BCUT2D eigenvalue weighted by Gasteiger charge is -2.40. The first-order valence-electron chi connectivity index (χ1n) is 19.3. The molecule has 1 saturated heterocycles. The third-order valence-electron chi connectivity index (χ3n) is 8.43. The zero-order valence-corrected chi connectivity index (χ0v) is 31.3. The SMILES string of the molecule is CC/C=C\C/C=C\C/C=C\C/C=C\CCCCC(=O)NC(COC1OC(CO)C(O)C(O)C1O)C(O)/C=C/CC/C=C/CC/C=C/CCCCC. The van der Waals surface area contributed by atoms with E-state index in [2.05, 4.69) is 92.1 Å². The largest absolute Gasteiger partial charge is 0.394 e. The molecule has 9 nitrogen and oxygen atoms in total. The standard InChI is InChI=1S/C42H69NO8/c1-3-5-7-9-11-13-15-17-18-20-22-24-26-28-30-32-38(46)43-35(34-50-42-41(49)40(48)39(47)37(33-44)51-42)36(45)31-29-27-25-23-21-19-16-14-12-10-8-6-4-2/h5,7,11-14,17-18,21-24,29,31,35-37,39-42,44-45,47-49H,3-4,6,8-10,15-16,19-20,25-28,30,32-34H2,1-2H3,(H,43,46)/b7-5-,13-11-,14-12+,18-17-,23-21+,24-22-,31-29+. The van der Waals surface area contributed by atoms with Crippen molar-refractivity contribution in [1.82, 2.24) is 5.32 Å². The van der Waals surface area contributed by atoms with Crippen molar-refractivity contribution in [1.29, 1.82) is 0 Å². The molecule has 6 N–H and O–H groups in total. The highest BCUT2D eigenvalue weighted by Gasteiger charge is 2.44. The number of nitrogens with one attached hydrogen (secondary N) is 1. The van der Waals surface area contributed by atoms with Gasteiger partial charge in [0.25, 0.3) is 0 Å². The lowest BCUT2D eigenvalue weighted by atomic mass is 9.99. The number of hydrogen-bond donors (Lipinski definition) is 6. The van der Waals surface area contributed by atoms with Crippen LogP contribution in [0.1, 0.15) is 117 Å². The summed E-state index contributed by atoms with van der Waals surface area (Å²) in [5, 5.41) is 53.8. The fourth-order valence-corrected chi connectivity index (χ4v) is 5.29. The van der Waals surface area contributed by atoms with E-state index in [0.29, 0.717) is 12.8 Å². The smallest absolute Gasteiger partial charge is 0.220 e. The fraction of sp³-hybridized carbons (Fsp3) is 0.643. The lowest BCUT2D eigenvalue weighted by molar-refractivity contribution is -0.302. The van der Waals surface area contributed by atoms with Crippen LogP contribution in [0.25, 0.3) is 0 Å². The second kappa shape index (κ2) is 32.1. The van der Waals surface area contributed by atoms with Crippen LogP contribution >= 0.6 is 0 Å². The third kappa shape index (κ3) is 23.5. The van der Waals surface area contributed by atoms with Gasteiger partial charge in [0.15, 0.2) is 6.29 Å². The molecule has 1 fully saturated rings. The van der Waals surface area contributed by atoms with Gasteiger partial charge in [0, 0.05) is 6.42 Å². The van der Waals surface area contributed by atoms with E-state index in [-0.39, 0.29) is 18.9 Å². The van der Waals surface area contributed by atoms with Crippen LogP contribution in [0.4, 0.5) is 0 Å². The first-order valence-corrected chi connectivity index (χ1v) is 19.3. The number of carbonyl (C=O) groups is 1. The van der Waals surface area contributed by atoms with Crippen LogP contribution in [0.5, 0.6) is 0 Å². The summed E-state index contributed by atoms with van der Waals surface area (Å²) in [6, 6.07) is -0.852. The van der Waals surface area contributed by atoms with Gasteiger partial charge in [-0.3, -0.25) is 4.79 Å². The molecule has 1 rings (SSSR count). The number of hydrogen-bond acceptors (Lipinski definition) is 8.